The van der Waals surface area contributed by atoms with Gasteiger partial charge in [-0.15, -0.1) is 0 Å². The number of nitrogens with zero attached hydrogens (tertiary/aromatic N) is 2. The van der Waals surface area contributed by atoms with Crippen molar-refractivity contribution in [2.75, 3.05) is 20.8 Å². The molecule has 9 nitrogen and oxygen atoms in total. The highest BCUT2D eigenvalue weighted by Crippen LogP contribution is 2.23. The van der Waals surface area contributed by atoms with E-state index in [1.807, 2.05) is 36.4 Å². The van der Waals surface area contributed by atoms with Crippen LogP contribution >= 0.6 is 0 Å². The van der Waals surface area contributed by atoms with Gasteiger partial charge in [-0.25, -0.2) is 0 Å². The number of methoxy groups -OCH3 is 2. The average Bonchev–Trinajstić information content (AvgIpc) is 3.33. The van der Waals surface area contributed by atoms with Gasteiger partial charge in [0.25, 0.3) is 0 Å². The average molecular weight is 468 g/mol. The molecule has 1 amide bonds. The maximum atomic E-state index is 12.6. The molecule has 3 rings (SSSR count). The maximum Gasteiger partial charge on any atom is 0.308 e. The molecular formula is C25H29N3O6. The number of aromatic nitrogens is 2. The van der Waals surface area contributed by atoms with Crippen LogP contribution < -0.4 is 14.8 Å². The van der Waals surface area contributed by atoms with Gasteiger partial charge in [-0.2, -0.15) is 4.98 Å². The van der Waals surface area contributed by atoms with Crippen LogP contribution in [0.25, 0.3) is 11.4 Å². The van der Waals surface area contributed by atoms with Crippen molar-refractivity contribution in [3.8, 4) is 22.9 Å². The third-order valence-corrected chi connectivity index (χ3v) is 5.12. The topological polar surface area (TPSA) is 113 Å². The van der Waals surface area contributed by atoms with Crippen molar-refractivity contribution >= 4 is 11.9 Å². The third kappa shape index (κ3) is 7.06. The molecule has 0 aliphatic rings. The molecule has 0 bridgehead atoms. The number of carbonyl (C=O) groups is 2. The van der Waals surface area contributed by atoms with Gasteiger partial charge in [-0.1, -0.05) is 17.3 Å². The number of nitrogens with one attached hydrogen (secondary N) is 1. The number of hydrogen-bond acceptors (Lipinski definition) is 8. The van der Waals surface area contributed by atoms with Crippen molar-refractivity contribution in [2.24, 2.45) is 0 Å². The lowest BCUT2D eigenvalue weighted by Crippen LogP contribution is -2.30. The van der Waals surface area contributed by atoms with Crippen LogP contribution in [-0.4, -0.2) is 42.8 Å². The fraction of sp³-hybridized carbons (Fsp3) is 0.360. The quantitative estimate of drug-likeness (QED) is 0.399. The summed E-state index contributed by atoms with van der Waals surface area (Å²) in [4.78, 5) is 29.1. The minimum absolute atomic E-state index is 0.0294. The van der Waals surface area contributed by atoms with Crippen molar-refractivity contribution in [3.63, 3.8) is 0 Å². The number of aryl methyl sites for hydroxylation is 1. The Kier molecular flexibility index (Phi) is 9.02. The zero-order chi connectivity index (χ0) is 24.3. The van der Waals surface area contributed by atoms with Crippen LogP contribution in [0, 0.1) is 0 Å². The zero-order valence-electron chi connectivity index (χ0n) is 19.6. The Labute approximate surface area is 198 Å². The number of carbonyl (C=O) groups excluding carboxylic acids is 2. The summed E-state index contributed by atoms with van der Waals surface area (Å²) in [6.45, 7) is 2.02. The molecule has 3 aromatic rings. The van der Waals surface area contributed by atoms with E-state index in [1.54, 1.807) is 33.3 Å². The highest BCUT2D eigenvalue weighted by atomic mass is 16.5. The lowest BCUT2D eigenvalue weighted by molar-refractivity contribution is -0.143. The first-order chi connectivity index (χ1) is 16.5. The molecule has 180 valence electrons. The fourth-order valence-electron chi connectivity index (χ4n) is 3.38. The first kappa shape index (κ1) is 24.8. The Morgan fingerprint density at radius 2 is 1.82 bits per heavy atom. The van der Waals surface area contributed by atoms with Crippen molar-refractivity contribution < 1.29 is 28.3 Å². The number of benzene rings is 2. The Morgan fingerprint density at radius 1 is 1.06 bits per heavy atom. The molecule has 1 N–H and O–H groups in total. The Bertz CT molecular complexity index is 1080. The molecule has 0 fully saturated rings. The third-order valence-electron chi connectivity index (χ3n) is 5.12. The molecule has 1 atom stereocenters. The van der Waals surface area contributed by atoms with Crippen LogP contribution in [0.15, 0.2) is 53.1 Å². The van der Waals surface area contributed by atoms with E-state index in [4.69, 9.17) is 18.7 Å². The summed E-state index contributed by atoms with van der Waals surface area (Å²) in [5.41, 5.74) is 1.58. The molecule has 9 heteroatoms. The van der Waals surface area contributed by atoms with Gasteiger partial charge in [-0.05, 0) is 55.3 Å². The van der Waals surface area contributed by atoms with Crippen LogP contribution in [0.4, 0.5) is 0 Å². The van der Waals surface area contributed by atoms with E-state index < -0.39 is 6.04 Å². The van der Waals surface area contributed by atoms with Gasteiger partial charge in [0.15, 0.2) is 0 Å². The van der Waals surface area contributed by atoms with E-state index in [1.165, 1.54) is 0 Å². The number of ether oxygens (including phenoxy) is 3. The van der Waals surface area contributed by atoms with Crippen molar-refractivity contribution in [1.29, 1.82) is 0 Å². The minimum Gasteiger partial charge on any atom is -0.497 e. The molecule has 1 aromatic heterocycles. The van der Waals surface area contributed by atoms with Gasteiger partial charge in [0, 0.05) is 18.4 Å². The van der Waals surface area contributed by atoms with Gasteiger partial charge < -0.3 is 24.1 Å². The normalized spacial score (nSPS) is 11.5. The maximum absolute atomic E-state index is 12.6. The summed E-state index contributed by atoms with van der Waals surface area (Å²) >= 11 is 0. The van der Waals surface area contributed by atoms with E-state index in [-0.39, 0.29) is 31.3 Å². The van der Waals surface area contributed by atoms with Crippen LogP contribution in [-0.2, 0) is 20.7 Å². The minimum atomic E-state index is -0.522. The van der Waals surface area contributed by atoms with Crippen LogP contribution in [0.5, 0.6) is 11.5 Å². The number of amides is 1. The van der Waals surface area contributed by atoms with Crippen LogP contribution in [0.1, 0.15) is 43.7 Å². The predicted molar refractivity (Wildman–Crippen MR) is 124 cm³/mol. The van der Waals surface area contributed by atoms with Gasteiger partial charge in [-0.3, -0.25) is 9.59 Å². The summed E-state index contributed by atoms with van der Waals surface area (Å²) in [6, 6.07) is 14.1. The van der Waals surface area contributed by atoms with Gasteiger partial charge in [0.05, 0.1) is 33.3 Å². The molecule has 0 saturated carbocycles. The molecule has 0 spiro atoms. The molecule has 0 saturated heterocycles. The van der Waals surface area contributed by atoms with E-state index in [0.717, 1.165) is 16.9 Å². The second kappa shape index (κ2) is 12.4. The SMILES string of the molecule is CCOC(=O)CC(NC(=O)CCCc1nc(-c2ccc(OC)cc2)no1)c1cccc(OC)c1. The molecule has 1 unspecified atom stereocenters. The lowest BCUT2D eigenvalue weighted by Gasteiger charge is -2.19. The second-order valence-electron chi connectivity index (χ2n) is 7.50. The molecule has 0 aliphatic carbocycles. The summed E-state index contributed by atoms with van der Waals surface area (Å²) in [5.74, 6) is 1.75. The Morgan fingerprint density at radius 3 is 2.53 bits per heavy atom. The molecule has 0 radical (unpaired) electrons. The summed E-state index contributed by atoms with van der Waals surface area (Å²) in [7, 11) is 3.17. The van der Waals surface area contributed by atoms with Crippen molar-refractivity contribution in [3.05, 3.63) is 60.0 Å². The fourth-order valence-corrected chi connectivity index (χ4v) is 3.38. The smallest absolute Gasteiger partial charge is 0.308 e. The van der Waals surface area contributed by atoms with Crippen LogP contribution in [0.3, 0.4) is 0 Å². The lowest BCUT2D eigenvalue weighted by atomic mass is 10.0. The van der Waals surface area contributed by atoms with E-state index in [9.17, 15) is 9.59 Å². The highest BCUT2D eigenvalue weighted by Gasteiger charge is 2.20. The molecular weight excluding hydrogens is 438 g/mol. The molecule has 2 aromatic carbocycles. The highest BCUT2D eigenvalue weighted by molar-refractivity contribution is 5.78. The van der Waals surface area contributed by atoms with E-state index in [0.29, 0.717) is 30.3 Å². The summed E-state index contributed by atoms with van der Waals surface area (Å²) in [6.07, 6.45) is 1.24. The first-order valence-electron chi connectivity index (χ1n) is 11.1. The Balaban J connectivity index is 1.56. The number of rotatable bonds is 12. The molecule has 1 heterocycles. The van der Waals surface area contributed by atoms with Gasteiger partial charge in [0.1, 0.15) is 11.5 Å². The van der Waals surface area contributed by atoms with E-state index >= 15 is 0 Å². The van der Waals surface area contributed by atoms with Crippen LogP contribution in [0.2, 0.25) is 0 Å². The van der Waals surface area contributed by atoms with Crippen molar-refractivity contribution in [2.45, 2.75) is 38.6 Å². The number of esters is 1. The second-order valence-corrected chi connectivity index (χ2v) is 7.50. The Hall–Kier alpha value is -3.88. The zero-order valence-corrected chi connectivity index (χ0v) is 19.6. The van der Waals surface area contributed by atoms with E-state index in [2.05, 4.69) is 15.5 Å². The predicted octanol–water partition coefficient (Wildman–Crippen LogP) is 3.89. The van der Waals surface area contributed by atoms with Crippen molar-refractivity contribution in [1.82, 2.24) is 15.5 Å². The van der Waals surface area contributed by atoms with Gasteiger partial charge >= 0.3 is 5.97 Å². The molecule has 0 aliphatic heterocycles. The monoisotopic (exact) mass is 467 g/mol. The summed E-state index contributed by atoms with van der Waals surface area (Å²) in [5, 5.41) is 6.93. The largest absolute Gasteiger partial charge is 0.497 e. The van der Waals surface area contributed by atoms with Gasteiger partial charge in [0.2, 0.25) is 17.6 Å². The first-order valence-corrected chi connectivity index (χ1v) is 11.1. The number of hydrogen-bond donors (Lipinski definition) is 1. The summed E-state index contributed by atoms with van der Waals surface area (Å²) < 4.78 is 20.8. The molecule has 34 heavy (non-hydrogen) atoms. The standard InChI is InChI=1S/C25H29N3O6/c1-4-33-24(30)16-21(18-7-5-8-20(15-18)32-3)26-22(29)9-6-10-23-27-25(28-34-23)17-11-13-19(31-2)14-12-17/h5,7-8,11-15,21H,4,6,9-10,16H2,1-3H3,(H,26,29).